The van der Waals surface area contributed by atoms with Gasteiger partial charge >= 0.3 is 0 Å². The van der Waals surface area contributed by atoms with E-state index in [9.17, 15) is 4.79 Å². The molecule has 136 valence electrons. The van der Waals surface area contributed by atoms with Crippen LogP contribution >= 0.6 is 11.8 Å². The van der Waals surface area contributed by atoms with Crippen LogP contribution in [0.5, 0.6) is 11.5 Å². The van der Waals surface area contributed by atoms with Crippen LogP contribution in [-0.2, 0) is 16.1 Å². The normalized spacial score (nSPS) is 13.3. The van der Waals surface area contributed by atoms with Crippen molar-refractivity contribution < 1.29 is 19.0 Å². The number of nitrogens with zero attached hydrogens (tertiary/aromatic N) is 1. The Kier molecular flexibility index (Phi) is 5.29. The second-order valence-electron chi connectivity index (χ2n) is 5.70. The number of carbonyl (C=O) groups excluding carboxylic acids is 1. The third-order valence-corrected chi connectivity index (χ3v) is 4.27. The first-order valence-electron chi connectivity index (χ1n) is 7.82. The van der Waals surface area contributed by atoms with Gasteiger partial charge in [-0.25, -0.2) is 4.42 Å². The van der Waals surface area contributed by atoms with E-state index in [1.165, 1.54) is 7.11 Å². The summed E-state index contributed by atoms with van der Waals surface area (Å²) in [5.41, 5.74) is 7.47. The topological polar surface area (TPSA) is 97.9 Å². The first-order chi connectivity index (χ1) is 12.5. The number of rotatable bonds is 6. The summed E-state index contributed by atoms with van der Waals surface area (Å²) in [7, 11) is 1.44. The van der Waals surface area contributed by atoms with E-state index in [1.54, 1.807) is 42.5 Å². The highest BCUT2D eigenvalue weighted by Crippen LogP contribution is 2.35. The molecule has 3 N–H and O–H groups in total. The van der Waals surface area contributed by atoms with Crippen molar-refractivity contribution in [1.29, 1.82) is 5.41 Å². The zero-order valence-corrected chi connectivity index (χ0v) is 14.8. The van der Waals surface area contributed by atoms with E-state index in [0.717, 1.165) is 9.98 Å². The second-order valence-corrected chi connectivity index (χ2v) is 6.11. The maximum Gasteiger partial charge on any atom is 0.270 e. The molecule has 1 amide bonds. The van der Waals surface area contributed by atoms with Crippen LogP contribution in [0.4, 0.5) is 0 Å². The number of nitrogen functional groups attached to an aromatic ring is 1. The molecule has 3 rings (SSSR count). The van der Waals surface area contributed by atoms with Crippen molar-refractivity contribution in [2.75, 3.05) is 13.9 Å². The van der Waals surface area contributed by atoms with E-state index < -0.39 is 12.0 Å². The molecule has 0 aliphatic carbocycles. The van der Waals surface area contributed by atoms with Gasteiger partial charge in [-0.1, -0.05) is 30.3 Å². The largest absolute Gasteiger partial charge is 0.454 e. The first-order valence-corrected chi connectivity index (χ1v) is 8.16. The number of hydrogen-bond donors (Lipinski definition) is 2. The van der Waals surface area contributed by atoms with Crippen LogP contribution in [0.25, 0.3) is 0 Å². The standard InChI is InChI=1S/C18H18ClN3O4/c1-24-16(13-6-7-14-15(8-13)26-10-25-14)18(23)22(19)9-11-2-4-12(5-3-11)17(20)21/h2-8,16H,9-10H2,1H3,(H3,20,21). The fraction of sp³-hybridized carbons (Fsp3) is 0.222. The summed E-state index contributed by atoms with van der Waals surface area (Å²) in [5, 5.41) is 7.40. The van der Waals surface area contributed by atoms with Crippen LogP contribution in [0.1, 0.15) is 22.8 Å². The Labute approximate surface area is 155 Å². The quantitative estimate of drug-likeness (QED) is 0.459. The van der Waals surface area contributed by atoms with Gasteiger partial charge in [0, 0.05) is 24.4 Å². The lowest BCUT2D eigenvalue weighted by atomic mass is 10.1. The van der Waals surface area contributed by atoms with Crippen molar-refractivity contribution in [2.45, 2.75) is 12.6 Å². The zero-order valence-electron chi connectivity index (χ0n) is 14.1. The highest BCUT2D eigenvalue weighted by atomic mass is 35.5. The fourth-order valence-corrected chi connectivity index (χ4v) is 2.84. The fourth-order valence-electron chi connectivity index (χ4n) is 2.61. The van der Waals surface area contributed by atoms with Gasteiger partial charge in [-0.05, 0) is 23.3 Å². The Morgan fingerprint density at radius 3 is 2.62 bits per heavy atom. The van der Waals surface area contributed by atoms with Gasteiger partial charge in [0.2, 0.25) is 6.79 Å². The smallest absolute Gasteiger partial charge is 0.270 e. The Morgan fingerprint density at radius 1 is 1.27 bits per heavy atom. The van der Waals surface area contributed by atoms with Crippen LogP contribution < -0.4 is 15.2 Å². The Morgan fingerprint density at radius 2 is 1.96 bits per heavy atom. The van der Waals surface area contributed by atoms with Gasteiger partial charge < -0.3 is 19.9 Å². The first kappa shape index (κ1) is 18.0. The second kappa shape index (κ2) is 7.63. The van der Waals surface area contributed by atoms with Crippen LogP contribution in [0.15, 0.2) is 42.5 Å². The summed E-state index contributed by atoms with van der Waals surface area (Å²) < 4.78 is 17.0. The van der Waals surface area contributed by atoms with Crippen molar-refractivity contribution in [2.24, 2.45) is 5.73 Å². The number of fused-ring (bicyclic) bond motifs is 1. The lowest BCUT2D eigenvalue weighted by molar-refractivity contribution is -0.137. The van der Waals surface area contributed by atoms with Crippen molar-refractivity contribution in [3.63, 3.8) is 0 Å². The van der Waals surface area contributed by atoms with E-state index in [2.05, 4.69) is 0 Å². The Balaban J connectivity index is 1.72. The van der Waals surface area contributed by atoms with Crippen LogP contribution in [0.2, 0.25) is 0 Å². The molecule has 26 heavy (non-hydrogen) atoms. The van der Waals surface area contributed by atoms with Crippen molar-refractivity contribution >= 4 is 23.5 Å². The molecule has 2 aromatic rings. The molecular weight excluding hydrogens is 358 g/mol. The molecule has 1 atom stereocenters. The van der Waals surface area contributed by atoms with Crippen molar-refractivity contribution in [3.05, 3.63) is 59.2 Å². The molecule has 0 saturated heterocycles. The maximum absolute atomic E-state index is 12.7. The molecular formula is C18H18ClN3O4. The van der Waals surface area contributed by atoms with Gasteiger partial charge in [0.25, 0.3) is 5.91 Å². The molecule has 0 aromatic heterocycles. The molecule has 1 aliphatic rings. The number of nitrogens with one attached hydrogen (secondary N) is 1. The van der Waals surface area contributed by atoms with Crippen LogP contribution in [0.3, 0.4) is 0 Å². The number of hydrogen-bond acceptors (Lipinski definition) is 5. The summed E-state index contributed by atoms with van der Waals surface area (Å²) in [5.74, 6) is 0.781. The van der Waals surface area contributed by atoms with E-state index in [0.29, 0.717) is 22.6 Å². The summed E-state index contributed by atoms with van der Waals surface area (Å²) in [6.45, 7) is 0.339. The van der Waals surface area contributed by atoms with Gasteiger partial charge in [0.05, 0.1) is 6.54 Å². The number of halogens is 1. The Bertz CT molecular complexity index is 826. The molecule has 0 bridgehead atoms. The lowest BCUT2D eigenvalue weighted by Crippen LogP contribution is -2.28. The predicted molar refractivity (Wildman–Crippen MR) is 96.2 cm³/mol. The summed E-state index contributed by atoms with van der Waals surface area (Å²) in [6.07, 6.45) is -0.863. The van der Waals surface area contributed by atoms with Crippen molar-refractivity contribution in [1.82, 2.24) is 4.42 Å². The van der Waals surface area contributed by atoms with Crippen molar-refractivity contribution in [3.8, 4) is 11.5 Å². The van der Waals surface area contributed by atoms with Crippen LogP contribution in [0, 0.1) is 5.41 Å². The minimum absolute atomic E-state index is 0.0161. The van der Waals surface area contributed by atoms with Gasteiger partial charge in [0.15, 0.2) is 17.6 Å². The maximum atomic E-state index is 12.7. The van der Waals surface area contributed by atoms with Gasteiger partial charge in [-0.3, -0.25) is 10.2 Å². The van der Waals surface area contributed by atoms with Gasteiger partial charge in [-0.2, -0.15) is 0 Å². The molecule has 0 saturated carbocycles. The summed E-state index contributed by atoms with van der Waals surface area (Å²) in [6, 6.07) is 12.1. The zero-order chi connectivity index (χ0) is 18.7. The number of nitrogens with two attached hydrogens (primary N) is 1. The van der Waals surface area contributed by atoms with Gasteiger partial charge in [-0.15, -0.1) is 0 Å². The summed E-state index contributed by atoms with van der Waals surface area (Å²) in [4.78, 5) is 12.7. The number of amidine groups is 1. The van der Waals surface area contributed by atoms with Gasteiger partial charge in [0.1, 0.15) is 5.84 Å². The van der Waals surface area contributed by atoms with E-state index in [1.807, 2.05) is 0 Å². The lowest BCUT2D eigenvalue weighted by Gasteiger charge is -2.21. The number of methoxy groups -OCH3 is 1. The number of ether oxygens (including phenoxy) is 3. The molecule has 8 heteroatoms. The van der Waals surface area contributed by atoms with Crippen LogP contribution in [-0.4, -0.2) is 30.1 Å². The highest BCUT2D eigenvalue weighted by molar-refractivity contribution is 6.21. The number of amides is 1. The van der Waals surface area contributed by atoms with E-state index >= 15 is 0 Å². The van der Waals surface area contributed by atoms with E-state index in [4.69, 9.17) is 37.1 Å². The highest BCUT2D eigenvalue weighted by Gasteiger charge is 2.27. The predicted octanol–water partition coefficient (Wildman–Crippen LogP) is 2.57. The average molecular weight is 376 g/mol. The molecule has 0 radical (unpaired) electrons. The molecule has 1 unspecified atom stereocenters. The minimum atomic E-state index is -0.863. The number of benzene rings is 2. The third kappa shape index (κ3) is 3.74. The molecule has 1 heterocycles. The summed E-state index contributed by atoms with van der Waals surface area (Å²) >= 11 is 6.19. The molecule has 2 aromatic carbocycles. The SMILES string of the molecule is COC(C(=O)N(Cl)Cc1ccc(C(=N)N)cc1)c1ccc2c(c1)OCO2. The third-order valence-electron chi connectivity index (χ3n) is 3.98. The molecule has 0 spiro atoms. The number of carbonyl (C=O) groups is 1. The average Bonchev–Trinajstić information content (AvgIpc) is 3.10. The minimum Gasteiger partial charge on any atom is -0.454 e. The molecule has 7 nitrogen and oxygen atoms in total. The molecule has 0 fully saturated rings. The Hall–Kier alpha value is -2.77. The molecule has 1 aliphatic heterocycles. The van der Waals surface area contributed by atoms with E-state index in [-0.39, 0.29) is 19.2 Å². The monoisotopic (exact) mass is 375 g/mol.